The molecule has 2 saturated heterocycles. The monoisotopic (exact) mass is 764 g/mol. The Morgan fingerprint density at radius 1 is 0.885 bits per heavy atom. The van der Waals surface area contributed by atoms with Crippen LogP contribution in [0.1, 0.15) is 41.6 Å². The van der Waals surface area contributed by atoms with Crippen LogP contribution in [0.2, 0.25) is 0 Å². The third-order valence-corrected chi connectivity index (χ3v) is 11.6. The van der Waals surface area contributed by atoms with Crippen molar-refractivity contribution in [2.45, 2.75) is 35.4 Å². The standard InChI is InChI=1S/C35H23Cl2F5N2O8/c1-2-52-20-11-13(6-9-19(20)45)22-16-7-8-17-21(30(47)43(29(17)46)15-5-3-4-14(10-15)31(48)49)18(16)12-34(36)32(50)44(33(51)35(22,34)37)28-26(41)24(39)23(38)25(40)27(28)42/h3-7,9-11,17-18,21-22,45H,2,8,12H2,1H3,(H,48,49). The summed E-state index contributed by atoms with van der Waals surface area (Å²) in [5, 5.41) is 20.0. The van der Waals surface area contributed by atoms with Gasteiger partial charge in [-0.3, -0.25) is 24.1 Å². The number of phenols is 1. The maximum Gasteiger partial charge on any atom is 0.335 e. The average Bonchev–Trinajstić information content (AvgIpc) is 3.45. The number of carbonyl (C=O) groups excluding carboxylic acids is 4. The number of aromatic hydroxyl groups is 1. The number of benzene rings is 3. The zero-order chi connectivity index (χ0) is 37.8. The Hall–Kier alpha value is -5.02. The van der Waals surface area contributed by atoms with E-state index >= 15 is 8.78 Å². The Bertz CT molecular complexity index is 2170. The van der Waals surface area contributed by atoms with E-state index in [1.54, 1.807) is 6.92 Å². The molecule has 0 bridgehead atoms. The summed E-state index contributed by atoms with van der Waals surface area (Å²) >= 11 is 14.2. The number of hydrogen-bond acceptors (Lipinski definition) is 7. The van der Waals surface area contributed by atoms with Gasteiger partial charge in [0.2, 0.25) is 17.6 Å². The van der Waals surface area contributed by atoms with Gasteiger partial charge in [-0.25, -0.2) is 31.6 Å². The first-order chi connectivity index (χ1) is 24.5. The van der Waals surface area contributed by atoms with Crippen molar-refractivity contribution < 1.29 is 60.9 Å². The zero-order valence-electron chi connectivity index (χ0n) is 26.4. The highest BCUT2D eigenvalue weighted by molar-refractivity contribution is 6.58. The molecule has 2 heterocycles. The number of fused-ring (bicyclic) bond motifs is 4. The van der Waals surface area contributed by atoms with Gasteiger partial charge in [-0.15, -0.1) is 23.2 Å². The van der Waals surface area contributed by atoms with Gasteiger partial charge in [-0.1, -0.05) is 23.8 Å². The van der Waals surface area contributed by atoms with Crippen molar-refractivity contribution in [2.75, 3.05) is 16.4 Å². The van der Waals surface area contributed by atoms with E-state index in [1.165, 1.54) is 36.4 Å². The molecule has 2 aliphatic heterocycles. The smallest absolute Gasteiger partial charge is 0.335 e. The molecule has 10 nitrogen and oxygen atoms in total. The molecule has 17 heteroatoms. The second-order valence-corrected chi connectivity index (χ2v) is 14.0. The number of phenolic OH excluding ortho intramolecular Hbond substituents is 1. The van der Waals surface area contributed by atoms with Crippen LogP contribution < -0.4 is 14.5 Å². The molecule has 4 amide bonds. The van der Waals surface area contributed by atoms with Gasteiger partial charge in [0.05, 0.1) is 29.7 Å². The number of allylic oxidation sites excluding steroid dienone is 2. The molecule has 0 spiro atoms. The summed E-state index contributed by atoms with van der Waals surface area (Å²) in [6.07, 6.45) is 0.650. The number of amides is 4. The van der Waals surface area contributed by atoms with Crippen LogP contribution in [-0.4, -0.2) is 56.2 Å². The van der Waals surface area contributed by atoms with E-state index in [1.807, 2.05) is 0 Å². The van der Waals surface area contributed by atoms with Crippen LogP contribution in [0.3, 0.4) is 0 Å². The lowest BCUT2D eigenvalue weighted by Gasteiger charge is -2.50. The van der Waals surface area contributed by atoms with Gasteiger partial charge < -0.3 is 14.9 Å². The Kier molecular flexibility index (Phi) is 8.18. The molecular formula is C35H23Cl2F5N2O8. The third kappa shape index (κ3) is 4.57. The van der Waals surface area contributed by atoms with Crippen LogP contribution in [0.4, 0.5) is 33.3 Å². The first-order valence-corrected chi connectivity index (χ1v) is 16.4. The lowest BCUT2D eigenvalue weighted by molar-refractivity contribution is -0.125. The zero-order valence-corrected chi connectivity index (χ0v) is 27.9. The van der Waals surface area contributed by atoms with Gasteiger partial charge in [-0.2, -0.15) is 0 Å². The number of nitrogens with zero attached hydrogens (tertiary/aromatic N) is 2. The SMILES string of the molecule is CCOc1cc(C2C3=CCC4C(=O)N(c5cccc(C(=O)O)c5)C(=O)C4C3CC3(Cl)C(=O)N(c4c(F)c(F)c(F)c(F)c4F)C(=O)C23Cl)ccc1O. The number of carboxylic acid groups (broad SMARTS) is 1. The number of rotatable bonds is 6. The molecule has 0 radical (unpaired) electrons. The van der Waals surface area contributed by atoms with Crippen LogP contribution in [0.5, 0.6) is 11.5 Å². The van der Waals surface area contributed by atoms with Crippen LogP contribution in [0.15, 0.2) is 54.1 Å². The van der Waals surface area contributed by atoms with E-state index in [9.17, 15) is 47.4 Å². The van der Waals surface area contributed by atoms with Crippen molar-refractivity contribution in [3.8, 4) is 11.5 Å². The van der Waals surface area contributed by atoms with Crippen molar-refractivity contribution in [3.05, 3.63) is 94.3 Å². The lowest BCUT2D eigenvalue weighted by Crippen LogP contribution is -2.60. The molecule has 7 rings (SSSR count). The van der Waals surface area contributed by atoms with E-state index in [0.29, 0.717) is 0 Å². The van der Waals surface area contributed by atoms with Gasteiger partial charge in [0, 0.05) is 5.92 Å². The number of ether oxygens (including phenoxy) is 1. The summed E-state index contributed by atoms with van der Waals surface area (Å²) in [5.41, 5.74) is -1.97. The number of aromatic carboxylic acids is 1. The predicted molar refractivity (Wildman–Crippen MR) is 172 cm³/mol. The fraction of sp³-hybridized carbons (Fsp3) is 0.286. The fourth-order valence-corrected chi connectivity index (χ4v) is 8.89. The Morgan fingerprint density at radius 2 is 1.54 bits per heavy atom. The lowest BCUT2D eigenvalue weighted by atomic mass is 9.56. The molecule has 270 valence electrons. The number of hydrogen-bond donors (Lipinski definition) is 2. The molecule has 1 saturated carbocycles. The molecule has 2 N–H and O–H groups in total. The molecule has 3 aromatic rings. The van der Waals surface area contributed by atoms with Crippen molar-refractivity contribution in [1.82, 2.24) is 0 Å². The minimum absolute atomic E-state index is 0.0406. The van der Waals surface area contributed by atoms with Gasteiger partial charge in [0.1, 0.15) is 5.69 Å². The molecule has 6 atom stereocenters. The van der Waals surface area contributed by atoms with Crippen LogP contribution in [0.25, 0.3) is 0 Å². The van der Waals surface area contributed by atoms with Crippen molar-refractivity contribution in [3.63, 3.8) is 0 Å². The van der Waals surface area contributed by atoms with Crippen LogP contribution >= 0.6 is 23.2 Å². The highest BCUT2D eigenvalue weighted by Crippen LogP contribution is 2.66. The second kappa shape index (κ2) is 12.0. The molecule has 2 aliphatic carbocycles. The Morgan fingerprint density at radius 3 is 2.17 bits per heavy atom. The summed E-state index contributed by atoms with van der Waals surface area (Å²) in [5.74, 6) is -24.3. The van der Waals surface area contributed by atoms with Gasteiger partial charge >= 0.3 is 5.97 Å². The molecule has 4 aliphatic rings. The Balaban J connectivity index is 1.43. The van der Waals surface area contributed by atoms with Crippen molar-refractivity contribution >= 4 is 64.2 Å². The minimum Gasteiger partial charge on any atom is -0.504 e. The predicted octanol–water partition coefficient (Wildman–Crippen LogP) is 5.95. The van der Waals surface area contributed by atoms with E-state index in [-0.39, 0.29) is 51.8 Å². The normalized spacial score (nSPS) is 28.1. The maximum atomic E-state index is 15.2. The van der Waals surface area contributed by atoms with Gasteiger partial charge in [0.25, 0.3) is 11.8 Å². The second-order valence-electron chi connectivity index (χ2n) is 12.7. The molecule has 3 fully saturated rings. The first kappa shape index (κ1) is 35.4. The molecule has 0 aromatic heterocycles. The van der Waals surface area contributed by atoms with Crippen LogP contribution in [0, 0.1) is 46.8 Å². The Labute approximate surface area is 300 Å². The summed E-state index contributed by atoms with van der Waals surface area (Å²) in [6.45, 7) is 1.64. The summed E-state index contributed by atoms with van der Waals surface area (Å²) in [4.78, 5) is 63.5. The van der Waals surface area contributed by atoms with Crippen molar-refractivity contribution in [2.24, 2.45) is 17.8 Å². The van der Waals surface area contributed by atoms with E-state index < -0.39 is 104 Å². The van der Waals surface area contributed by atoms with E-state index in [0.717, 1.165) is 17.0 Å². The average molecular weight is 765 g/mol. The molecular weight excluding hydrogens is 742 g/mol. The highest BCUT2D eigenvalue weighted by atomic mass is 35.5. The quantitative estimate of drug-likeness (QED) is 0.0784. The number of imide groups is 2. The summed E-state index contributed by atoms with van der Waals surface area (Å²) in [7, 11) is 0. The number of carboxylic acids is 1. The summed E-state index contributed by atoms with van der Waals surface area (Å²) in [6, 6.07) is 8.74. The van der Waals surface area contributed by atoms with Gasteiger partial charge in [0.15, 0.2) is 44.5 Å². The number of anilines is 2. The molecule has 3 aromatic carbocycles. The number of halogens is 7. The first-order valence-electron chi connectivity index (χ1n) is 15.7. The van der Waals surface area contributed by atoms with Crippen molar-refractivity contribution in [1.29, 1.82) is 0 Å². The van der Waals surface area contributed by atoms with Crippen LogP contribution in [-0.2, 0) is 19.2 Å². The van der Waals surface area contributed by atoms with Gasteiger partial charge in [-0.05, 0) is 61.6 Å². The van der Waals surface area contributed by atoms with E-state index in [4.69, 9.17) is 27.9 Å². The molecule has 52 heavy (non-hydrogen) atoms. The summed E-state index contributed by atoms with van der Waals surface area (Å²) < 4.78 is 78.9. The third-order valence-electron chi connectivity index (χ3n) is 10.2. The minimum atomic E-state index is -2.76. The maximum absolute atomic E-state index is 15.2. The number of alkyl halides is 2. The topological polar surface area (TPSA) is 142 Å². The largest absolute Gasteiger partial charge is 0.504 e. The highest BCUT2D eigenvalue weighted by Gasteiger charge is 2.77. The molecule has 6 unspecified atom stereocenters. The fourth-order valence-electron chi connectivity index (χ4n) is 7.95. The number of carbonyl (C=O) groups is 5. The van der Waals surface area contributed by atoms with E-state index in [2.05, 4.69) is 0 Å².